The van der Waals surface area contributed by atoms with Gasteiger partial charge in [-0.25, -0.2) is 0 Å². The molecule has 6 aliphatic rings. The molecule has 0 unspecified atom stereocenters. The average molecular weight is 873 g/mol. The van der Waals surface area contributed by atoms with Gasteiger partial charge in [-0.15, -0.1) is 0 Å². The number of nitrogens with zero attached hydrogens (tertiary/aromatic N) is 3. The van der Waals surface area contributed by atoms with Gasteiger partial charge in [0, 0.05) is 54.9 Å². The van der Waals surface area contributed by atoms with Crippen molar-refractivity contribution >= 4 is 135 Å². The van der Waals surface area contributed by atoms with Crippen molar-refractivity contribution in [2.24, 2.45) is 0 Å². The maximum atomic E-state index is 6.94. The lowest BCUT2D eigenvalue weighted by Crippen LogP contribution is -2.58. The minimum atomic E-state index is -0.00133. The Labute approximate surface area is 394 Å². The van der Waals surface area contributed by atoms with Crippen LogP contribution in [-0.4, -0.2) is 33.8 Å². The van der Waals surface area contributed by atoms with Crippen LogP contribution in [0.15, 0.2) is 182 Å². The van der Waals surface area contributed by atoms with Crippen LogP contribution in [0, 0.1) is 0 Å². The second-order valence-corrected chi connectivity index (χ2v) is 19.7. The number of aromatic nitrogens is 3. The van der Waals surface area contributed by atoms with Crippen LogP contribution in [0.5, 0.6) is 34.5 Å². The Hall–Kier alpha value is -8.81. The van der Waals surface area contributed by atoms with E-state index in [1.165, 1.54) is 126 Å². The third kappa shape index (κ3) is 3.72. The highest BCUT2D eigenvalue weighted by Gasteiger charge is 2.46. The zero-order valence-electron chi connectivity index (χ0n) is 36.6. The van der Waals surface area contributed by atoms with Gasteiger partial charge in [-0.05, 0) is 116 Å². The smallest absolute Gasteiger partial charge is 0.256 e. The van der Waals surface area contributed by atoms with Crippen LogP contribution in [0.3, 0.4) is 0 Å². The lowest BCUT2D eigenvalue weighted by Gasteiger charge is -2.33. The van der Waals surface area contributed by atoms with E-state index in [0.29, 0.717) is 0 Å². The Kier molecular flexibility index (Phi) is 5.74. The molecule has 0 fully saturated rings. The molecule has 0 N–H and O–H groups in total. The molecule has 19 rings (SSSR count). The number of benzene rings is 10. The van der Waals surface area contributed by atoms with Gasteiger partial charge in [-0.1, -0.05) is 115 Å². The molecule has 0 radical (unpaired) electrons. The van der Waals surface area contributed by atoms with Crippen molar-refractivity contribution in [3.05, 3.63) is 182 Å². The van der Waals surface area contributed by atoms with E-state index in [0.717, 1.165) is 40.2 Å². The van der Waals surface area contributed by atoms with Crippen molar-refractivity contribution in [3.8, 4) is 51.6 Å². The molecule has 6 aliphatic heterocycles. The van der Waals surface area contributed by atoms with Crippen LogP contribution in [0.4, 0.5) is 0 Å². The molecule has 0 aliphatic carbocycles. The van der Waals surface area contributed by atoms with Gasteiger partial charge in [0.25, 0.3) is 20.1 Å². The molecule has 0 atom stereocenters. The lowest BCUT2D eigenvalue weighted by molar-refractivity contribution is 0.487. The lowest BCUT2D eigenvalue weighted by atomic mass is 9.34. The first-order valence-electron chi connectivity index (χ1n) is 24.0. The molecule has 6 nitrogen and oxygen atoms in total. The molecular formula is C60H30B3N3O3. The van der Waals surface area contributed by atoms with E-state index in [9.17, 15) is 0 Å². The molecule has 0 bridgehead atoms. The number of rotatable bonds is 0. The highest BCUT2D eigenvalue weighted by Crippen LogP contribution is 2.52. The van der Waals surface area contributed by atoms with E-state index in [2.05, 4.69) is 196 Å². The summed E-state index contributed by atoms with van der Waals surface area (Å²) in [6.45, 7) is 0.0117. The third-order valence-corrected chi connectivity index (χ3v) is 16.8. The summed E-state index contributed by atoms with van der Waals surface area (Å²) < 4.78 is 28.6. The van der Waals surface area contributed by atoms with Crippen LogP contribution in [-0.2, 0) is 0 Å². The molecule has 0 amide bonds. The Balaban J connectivity index is 1.11. The van der Waals surface area contributed by atoms with Crippen molar-refractivity contribution < 1.29 is 14.2 Å². The second kappa shape index (κ2) is 11.5. The Bertz CT molecular complexity index is 4700. The van der Waals surface area contributed by atoms with Gasteiger partial charge < -0.3 is 27.9 Å². The van der Waals surface area contributed by atoms with Gasteiger partial charge in [0.15, 0.2) is 0 Å². The number of para-hydroxylation sites is 6. The van der Waals surface area contributed by atoms with Gasteiger partial charge >= 0.3 is 0 Å². The monoisotopic (exact) mass is 873 g/mol. The van der Waals surface area contributed by atoms with Crippen molar-refractivity contribution in [1.29, 1.82) is 0 Å². The zero-order valence-corrected chi connectivity index (χ0v) is 36.6. The normalized spacial score (nSPS) is 14.3. The molecule has 10 aromatic carbocycles. The first-order chi connectivity index (χ1) is 34.3. The largest absolute Gasteiger partial charge is 0.458 e. The van der Waals surface area contributed by atoms with Crippen LogP contribution >= 0.6 is 0 Å². The molecule has 0 saturated heterocycles. The van der Waals surface area contributed by atoms with Gasteiger partial charge in [-0.2, -0.15) is 0 Å². The standard InChI is InChI=1S/C60H30B3N3O3/c1-6-20-40-34(14-1)61-36-16-3-8-23-43(36)68-47-29-27-32-49-50-33-28-30-48-54-57(33)65(41-21-7-2-15-35(41)62(54)37-17-4-9-24-44(37)69-48)59(50)60-51(58(49)64(40)56(32)53(47)61)31-13-11-19-39-55(31)66(60)42-22-12-26-46-52(42)63(39)38-18-5-10-25-45(38)67-46/h1-30H. The van der Waals surface area contributed by atoms with Crippen molar-refractivity contribution in [3.63, 3.8) is 0 Å². The molecule has 0 spiro atoms. The first kappa shape index (κ1) is 34.5. The average Bonchev–Trinajstić information content (AvgIpc) is 4.06. The summed E-state index contributed by atoms with van der Waals surface area (Å²) in [5, 5.41) is 7.43. The summed E-state index contributed by atoms with van der Waals surface area (Å²) in [6.07, 6.45) is 0. The quantitative estimate of drug-likeness (QED) is 0.146. The Morgan fingerprint density at radius 2 is 0.638 bits per heavy atom. The molecular weight excluding hydrogens is 843 g/mol. The summed E-state index contributed by atoms with van der Waals surface area (Å²) in [5.74, 6) is 5.51. The summed E-state index contributed by atoms with van der Waals surface area (Å²) in [5.41, 5.74) is 21.9. The fourth-order valence-corrected chi connectivity index (χ4v) is 14.5. The summed E-state index contributed by atoms with van der Waals surface area (Å²) in [7, 11) is 0. The van der Waals surface area contributed by atoms with E-state index in [4.69, 9.17) is 14.2 Å². The van der Waals surface area contributed by atoms with Crippen LogP contribution in [0.2, 0.25) is 0 Å². The van der Waals surface area contributed by atoms with E-state index in [1.54, 1.807) is 0 Å². The highest BCUT2D eigenvalue weighted by atomic mass is 16.5. The van der Waals surface area contributed by atoms with E-state index < -0.39 is 0 Å². The van der Waals surface area contributed by atoms with Gasteiger partial charge in [0.05, 0.1) is 27.6 Å². The number of hydrogen-bond donors (Lipinski definition) is 0. The summed E-state index contributed by atoms with van der Waals surface area (Å²) in [6, 6.07) is 67.0. The predicted molar refractivity (Wildman–Crippen MR) is 283 cm³/mol. The van der Waals surface area contributed by atoms with Gasteiger partial charge in [0.1, 0.15) is 34.5 Å². The van der Waals surface area contributed by atoms with Crippen molar-refractivity contribution in [1.82, 2.24) is 13.7 Å². The number of hydrogen-bond acceptors (Lipinski definition) is 3. The highest BCUT2D eigenvalue weighted by molar-refractivity contribution is 7.01. The zero-order chi connectivity index (χ0) is 44.1. The summed E-state index contributed by atoms with van der Waals surface area (Å²) in [4.78, 5) is 0. The van der Waals surface area contributed by atoms with E-state index in [-0.39, 0.29) is 20.1 Å². The Morgan fingerprint density at radius 1 is 0.246 bits per heavy atom. The third-order valence-electron chi connectivity index (χ3n) is 16.8. The van der Waals surface area contributed by atoms with Crippen LogP contribution in [0.1, 0.15) is 0 Å². The maximum Gasteiger partial charge on any atom is 0.256 e. The predicted octanol–water partition coefficient (Wildman–Crippen LogP) is 7.78. The number of fused-ring (bicyclic) bond motifs is 26. The minimum Gasteiger partial charge on any atom is -0.458 e. The molecule has 13 aromatic rings. The Morgan fingerprint density at radius 3 is 1.23 bits per heavy atom. The molecule has 3 aromatic heterocycles. The van der Waals surface area contributed by atoms with Crippen LogP contribution in [0.25, 0.3) is 82.5 Å². The maximum absolute atomic E-state index is 6.94. The molecule has 312 valence electrons. The van der Waals surface area contributed by atoms with E-state index in [1.807, 2.05) is 0 Å². The van der Waals surface area contributed by atoms with Crippen molar-refractivity contribution in [2.45, 2.75) is 0 Å². The first-order valence-corrected chi connectivity index (χ1v) is 24.0. The summed E-state index contributed by atoms with van der Waals surface area (Å²) >= 11 is 0. The molecule has 9 heterocycles. The van der Waals surface area contributed by atoms with E-state index >= 15 is 0 Å². The molecule has 0 saturated carbocycles. The van der Waals surface area contributed by atoms with Crippen molar-refractivity contribution in [2.75, 3.05) is 0 Å². The topological polar surface area (TPSA) is 42.5 Å². The van der Waals surface area contributed by atoms with Gasteiger partial charge in [0.2, 0.25) is 0 Å². The SMILES string of the molecule is c1ccc2c(c1)Oc1ccc3c4c5c6ccc7c8c6n(c5c5c(c6cccc9c6n5-c5cccc6c5B9c5ccccc5O6)c4n4c3c1B2c1ccccc1-4)-c1ccccc1B8c1ccccc1O7. The second-order valence-electron chi connectivity index (χ2n) is 19.7. The fraction of sp³-hybridized carbons (Fsp3) is 0. The van der Waals surface area contributed by atoms with Crippen LogP contribution < -0.4 is 63.4 Å². The molecule has 9 heteroatoms. The molecule has 69 heavy (non-hydrogen) atoms. The minimum absolute atomic E-state index is 0.00133. The fourth-order valence-electron chi connectivity index (χ4n) is 14.5. The number of ether oxygens (including phenoxy) is 3. The van der Waals surface area contributed by atoms with Gasteiger partial charge in [-0.3, -0.25) is 0 Å².